The second-order valence-corrected chi connectivity index (χ2v) is 7.76. The van der Waals surface area contributed by atoms with Gasteiger partial charge in [-0.1, -0.05) is 18.2 Å². The van der Waals surface area contributed by atoms with Gasteiger partial charge in [0.15, 0.2) is 11.5 Å². The van der Waals surface area contributed by atoms with Gasteiger partial charge < -0.3 is 19.4 Å². The quantitative estimate of drug-likeness (QED) is 0.533. The molecule has 0 saturated carbocycles. The predicted molar refractivity (Wildman–Crippen MR) is 121 cm³/mol. The van der Waals surface area contributed by atoms with Crippen LogP contribution in [0.2, 0.25) is 0 Å². The molecular weight excluding hydrogens is 408 g/mol. The molecule has 1 aliphatic heterocycles. The molecular formula is C24H22N4O4. The minimum Gasteiger partial charge on any atom is -0.454 e. The minimum absolute atomic E-state index is 0.173. The molecule has 32 heavy (non-hydrogen) atoms. The van der Waals surface area contributed by atoms with Gasteiger partial charge in [0, 0.05) is 28.5 Å². The fourth-order valence-electron chi connectivity index (χ4n) is 4.25. The monoisotopic (exact) mass is 430 g/mol. The van der Waals surface area contributed by atoms with Crippen molar-refractivity contribution < 1.29 is 14.3 Å². The molecule has 1 N–H and O–H groups in total. The molecule has 0 aliphatic carbocycles. The molecule has 0 radical (unpaired) electrons. The number of ether oxygens (including phenoxy) is 2. The van der Waals surface area contributed by atoms with E-state index in [1.165, 1.54) is 4.68 Å². The third-order valence-electron chi connectivity index (χ3n) is 5.86. The maximum atomic E-state index is 13.3. The van der Waals surface area contributed by atoms with Crippen molar-refractivity contribution in [2.45, 2.75) is 26.8 Å². The van der Waals surface area contributed by atoms with E-state index < -0.39 is 6.04 Å². The van der Waals surface area contributed by atoms with Crippen LogP contribution >= 0.6 is 0 Å². The topological polar surface area (TPSA) is 87.4 Å². The van der Waals surface area contributed by atoms with Crippen LogP contribution in [0.25, 0.3) is 16.5 Å². The summed E-state index contributed by atoms with van der Waals surface area (Å²) in [6, 6.07) is 14.0. The molecule has 0 fully saturated rings. The van der Waals surface area contributed by atoms with Crippen LogP contribution in [0, 0.1) is 13.8 Å². The lowest BCUT2D eigenvalue weighted by atomic mass is 10.2. The Hall–Kier alpha value is -4.07. The number of anilines is 1. The molecule has 0 spiro atoms. The molecule has 0 saturated heterocycles. The first kappa shape index (κ1) is 19.9. The van der Waals surface area contributed by atoms with Crippen LogP contribution in [0.15, 0.2) is 59.5 Å². The molecule has 3 heterocycles. The molecule has 1 amide bonds. The van der Waals surface area contributed by atoms with Gasteiger partial charge in [0.05, 0.1) is 17.3 Å². The van der Waals surface area contributed by atoms with Crippen molar-refractivity contribution in [3.8, 4) is 17.2 Å². The van der Waals surface area contributed by atoms with Crippen LogP contribution in [0.3, 0.4) is 0 Å². The maximum absolute atomic E-state index is 13.3. The molecule has 5 rings (SSSR count). The van der Waals surface area contributed by atoms with Crippen molar-refractivity contribution in [3.63, 3.8) is 0 Å². The van der Waals surface area contributed by atoms with E-state index in [0.29, 0.717) is 28.3 Å². The summed E-state index contributed by atoms with van der Waals surface area (Å²) in [6.07, 6.45) is 1.69. The average molecular weight is 430 g/mol. The Labute approximate surface area is 184 Å². The number of carbonyl (C=O) groups excluding carboxylic acids is 1. The molecule has 1 aliphatic rings. The first-order valence-electron chi connectivity index (χ1n) is 10.3. The number of rotatable bonds is 4. The molecule has 1 atom stereocenters. The third-order valence-corrected chi connectivity index (χ3v) is 5.86. The van der Waals surface area contributed by atoms with Crippen LogP contribution in [0.5, 0.6) is 11.5 Å². The summed E-state index contributed by atoms with van der Waals surface area (Å²) < 4.78 is 14.0. The Kier molecular flexibility index (Phi) is 4.70. The van der Waals surface area contributed by atoms with Crippen molar-refractivity contribution in [1.82, 2.24) is 14.3 Å². The van der Waals surface area contributed by atoms with E-state index in [9.17, 15) is 9.59 Å². The SMILES string of the molecule is Cc1c2cnn(-c3ccccc3)c(=O)c2c(C)n1[C@@H](C)C(=O)Nc1ccc2c(c1)OCO2. The highest BCUT2D eigenvalue weighted by atomic mass is 16.7. The summed E-state index contributed by atoms with van der Waals surface area (Å²) in [5, 5.41) is 8.59. The summed E-state index contributed by atoms with van der Waals surface area (Å²) in [6.45, 7) is 5.74. The van der Waals surface area contributed by atoms with Gasteiger partial charge in [0.2, 0.25) is 12.7 Å². The van der Waals surface area contributed by atoms with Gasteiger partial charge in [-0.2, -0.15) is 9.78 Å². The summed E-state index contributed by atoms with van der Waals surface area (Å²) in [4.78, 5) is 26.3. The summed E-state index contributed by atoms with van der Waals surface area (Å²) in [5.41, 5.74) is 2.64. The third kappa shape index (κ3) is 3.11. The Bertz CT molecular complexity index is 1410. The Morgan fingerprint density at radius 3 is 2.59 bits per heavy atom. The van der Waals surface area contributed by atoms with Crippen molar-refractivity contribution in [1.29, 1.82) is 0 Å². The maximum Gasteiger partial charge on any atom is 0.281 e. The minimum atomic E-state index is -0.544. The summed E-state index contributed by atoms with van der Waals surface area (Å²) >= 11 is 0. The van der Waals surface area contributed by atoms with E-state index in [-0.39, 0.29) is 18.3 Å². The van der Waals surface area contributed by atoms with Crippen molar-refractivity contribution >= 4 is 22.4 Å². The van der Waals surface area contributed by atoms with Gasteiger partial charge in [-0.3, -0.25) is 9.59 Å². The Balaban J connectivity index is 1.51. The summed E-state index contributed by atoms with van der Waals surface area (Å²) in [7, 11) is 0. The Morgan fingerprint density at radius 1 is 1.06 bits per heavy atom. The van der Waals surface area contributed by atoms with E-state index >= 15 is 0 Å². The van der Waals surface area contributed by atoms with Crippen LogP contribution in [-0.4, -0.2) is 27.0 Å². The highest BCUT2D eigenvalue weighted by Gasteiger charge is 2.24. The first-order chi connectivity index (χ1) is 15.5. The zero-order valence-electron chi connectivity index (χ0n) is 18.0. The van der Waals surface area contributed by atoms with E-state index in [1.807, 2.05) is 55.7 Å². The number of nitrogens with zero attached hydrogens (tertiary/aromatic N) is 3. The smallest absolute Gasteiger partial charge is 0.281 e. The van der Waals surface area contributed by atoms with Crippen molar-refractivity contribution in [2.75, 3.05) is 12.1 Å². The molecule has 4 aromatic rings. The van der Waals surface area contributed by atoms with Gasteiger partial charge in [-0.25, -0.2) is 0 Å². The number of carbonyl (C=O) groups is 1. The zero-order valence-corrected chi connectivity index (χ0v) is 18.0. The number of amides is 1. The fraction of sp³-hybridized carbons (Fsp3) is 0.208. The molecule has 2 aromatic heterocycles. The second-order valence-electron chi connectivity index (χ2n) is 7.76. The molecule has 2 aromatic carbocycles. The number of benzene rings is 2. The second kappa shape index (κ2) is 7.56. The molecule has 8 nitrogen and oxygen atoms in total. The van der Waals surface area contributed by atoms with Crippen LogP contribution in [0.4, 0.5) is 5.69 Å². The van der Waals surface area contributed by atoms with Gasteiger partial charge in [0.1, 0.15) is 6.04 Å². The van der Waals surface area contributed by atoms with E-state index in [2.05, 4.69) is 10.4 Å². The molecule has 0 unspecified atom stereocenters. The largest absolute Gasteiger partial charge is 0.454 e. The molecule has 0 bridgehead atoms. The van der Waals surface area contributed by atoms with Gasteiger partial charge in [-0.05, 0) is 45.0 Å². The highest BCUT2D eigenvalue weighted by Crippen LogP contribution is 2.34. The fourth-order valence-corrected chi connectivity index (χ4v) is 4.25. The van der Waals surface area contributed by atoms with Gasteiger partial charge in [-0.15, -0.1) is 0 Å². The number of nitrogens with one attached hydrogen (secondary N) is 1. The van der Waals surface area contributed by atoms with E-state index in [0.717, 1.165) is 16.8 Å². The van der Waals surface area contributed by atoms with Gasteiger partial charge >= 0.3 is 0 Å². The van der Waals surface area contributed by atoms with Crippen LogP contribution in [-0.2, 0) is 4.79 Å². The lowest BCUT2D eigenvalue weighted by Gasteiger charge is -2.18. The number of aromatic nitrogens is 3. The first-order valence-corrected chi connectivity index (χ1v) is 10.3. The number of fused-ring (bicyclic) bond motifs is 2. The van der Waals surface area contributed by atoms with Crippen molar-refractivity contribution in [3.05, 3.63) is 76.5 Å². The zero-order chi connectivity index (χ0) is 22.4. The number of aryl methyl sites for hydroxylation is 2. The standard InChI is InChI=1S/C24H22N4O4/c1-14-19-12-25-28(18-7-5-4-6-8-18)24(30)22(19)15(2)27(14)16(3)23(29)26-17-9-10-20-21(11-17)32-13-31-20/h4-12,16H,13H2,1-3H3,(H,26,29)/t16-/m0/s1. The number of hydrogen-bond donors (Lipinski definition) is 1. The Morgan fingerprint density at radius 2 is 1.81 bits per heavy atom. The lowest BCUT2D eigenvalue weighted by Crippen LogP contribution is -2.25. The number of hydrogen-bond acceptors (Lipinski definition) is 5. The van der Waals surface area contributed by atoms with Crippen molar-refractivity contribution in [2.24, 2.45) is 0 Å². The van der Waals surface area contributed by atoms with Gasteiger partial charge in [0.25, 0.3) is 5.56 Å². The van der Waals surface area contributed by atoms with E-state index in [1.54, 1.807) is 24.4 Å². The highest BCUT2D eigenvalue weighted by molar-refractivity contribution is 5.95. The van der Waals surface area contributed by atoms with E-state index in [4.69, 9.17) is 9.47 Å². The predicted octanol–water partition coefficient (Wildman–Crippen LogP) is 3.73. The average Bonchev–Trinajstić information content (AvgIpc) is 3.36. The van der Waals surface area contributed by atoms with Crippen LogP contribution < -0.4 is 20.3 Å². The molecule has 162 valence electrons. The summed E-state index contributed by atoms with van der Waals surface area (Å²) in [5.74, 6) is 1.05. The van der Waals surface area contributed by atoms with Crippen LogP contribution in [0.1, 0.15) is 24.4 Å². The lowest BCUT2D eigenvalue weighted by molar-refractivity contribution is -0.118. The normalized spacial score (nSPS) is 13.3. The molecule has 8 heteroatoms. The number of para-hydroxylation sites is 1.